The number of hydrogen-bond acceptors (Lipinski definition) is 8. The van der Waals surface area contributed by atoms with Gasteiger partial charge in [-0.3, -0.25) is 9.52 Å². The lowest BCUT2D eigenvalue weighted by atomic mass is 10.0. The van der Waals surface area contributed by atoms with Crippen molar-refractivity contribution in [3.63, 3.8) is 0 Å². The fourth-order valence-electron chi connectivity index (χ4n) is 3.18. The van der Waals surface area contributed by atoms with E-state index in [1.807, 2.05) is 13.8 Å². The predicted molar refractivity (Wildman–Crippen MR) is 137 cm³/mol. The molecule has 2 N–H and O–H groups in total. The molecular weight excluding hydrogens is 482 g/mol. The van der Waals surface area contributed by atoms with Crippen LogP contribution in [0.1, 0.15) is 32.8 Å². The molecule has 0 radical (unpaired) electrons. The molecule has 4 aromatic rings. The lowest BCUT2D eigenvalue weighted by molar-refractivity contribution is 0.377. The first kappa shape index (κ1) is 26.4. The summed E-state index contributed by atoms with van der Waals surface area (Å²) in [5.74, 6) is 0.175. The Morgan fingerprint density at radius 3 is 2.19 bits per heavy atom. The van der Waals surface area contributed by atoms with Gasteiger partial charge in [0.2, 0.25) is 5.75 Å². The molecule has 0 saturated heterocycles. The normalized spacial score (nSPS) is 11.0. The van der Waals surface area contributed by atoms with E-state index < -0.39 is 15.6 Å². The van der Waals surface area contributed by atoms with Crippen LogP contribution in [0.2, 0.25) is 0 Å². The zero-order chi connectivity index (χ0) is 25.0. The highest BCUT2D eigenvalue weighted by Gasteiger charge is 2.23. The molecule has 36 heavy (non-hydrogen) atoms. The van der Waals surface area contributed by atoms with Crippen molar-refractivity contribution in [1.82, 2.24) is 19.9 Å². The number of nitrogens with one attached hydrogen (secondary N) is 2. The second kappa shape index (κ2) is 11.0. The van der Waals surface area contributed by atoms with Crippen LogP contribution in [0.5, 0.6) is 17.2 Å². The summed E-state index contributed by atoms with van der Waals surface area (Å²) < 4.78 is 39.8. The summed E-state index contributed by atoms with van der Waals surface area (Å²) in [6.45, 7) is 4.02. The molecule has 0 spiro atoms. The Labute approximate surface area is 209 Å². The van der Waals surface area contributed by atoms with Crippen LogP contribution in [0.25, 0.3) is 11.6 Å². The average Bonchev–Trinajstić information content (AvgIpc) is 2.86. The Bertz CT molecular complexity index is 1490. The second-order valence-electron chi connectivity index (χ2n) is 7.75. The van der Waals surface area contributed by atoms with Gasteiger partial charge in [0.15, 0.2) is 29.0 Å². The lowest BCUT2D eigenvalue weighted by Gasteiger charge is -2.15. The Balaban J connectivity index is 0.00000361. The minimum atomic E-state index is -4.12. The van der Waals surface area contributed by atoms with Crippen LogP contribution in [0.15, 0.2) is 76.7 Å². The van der Waals surface area contributed by atoms with E-state index in [2.05, 4.69) is 24.7 Å². The molecule has 0 aliphatic heterocycles. The van der Waals surface area contributed by atoms with Crippen molar-refractivity contribution >= 4 is 15.8 Å². The van der Waals surface area contributed by atoms with Crippen molar-refractivity contribution in [2.45, 2.75) is 32.1 Å². The Morgan fingerprint density at radius 2 is 1.58 bits per heavy atom. The van der Waals surface area contributed by atoms with Gasteiger partial charge in [0.25, 0.3) is 15.6 Å². The molecule has 2 aromatic carbocycles. The SMILES string of the molecule is C.COc1ccccc1Oc1c(NS(=O)(=O)c2ccc(C(C)C)cc2)nc(-c2ncccn2)[nH]c1=O. The minimum Gasteiger partial charge on any atom is -0.493 e. The van der Waals surface area contributed by atoms with Crippen molar-refractivity contribution in [3.8, 4) is 28.9 Å². The van der Waals surface area contributed by atoms with Crippen LogP contribution in [-0.2, 0) is 10.0 Å². The van der Waals surface area contributed by atoms with Crippen LogP contribution in [0.4, 0.5) is 5.82 Å². The van der Waals surface area contributed by atoms with Gasteiger partial charge in [0.05, 0.1) is 12.0 Å². The molecule has 10 nitrogen and oxygen atoms in total. The molecule has 2 heterocycles. The van der Waals surface area contributed by atoms with Gasteiger partial charge in [-0.2, -0.15) is 0 Å². The van der Waals surface area contributed by atoms with E-state index in [-0.39, 0.29) is 47.2 Å². The molecule has 0 aliphatic carbocycles. The number of para-hydroxylation sites is 2. The first-order valence-electron chi connectivity index (χ1n) is 10.6. The topological polar surface area (TPSA) is 136 Å². The number of aromatic amines is 1. The van der Waals surface area contributed by atoms with Crippen molar-refractivity contribution in [2.24, 2.45) is 0 Å². The number of hydrogen-bond donors (Lipinski definition) is 2. The standard InChI is InChI=1S/C24H23N5O5S.CH4/c1-15(2)16-9-11-17(12-10-16)35(31,32)29-21-20(34-19-8-5-4-7-18(19)33-3)24(30)28-23(27-21)22-25-13-6-14-26-22;/h4-15H,1-3H3,(H2,27,28,29,30);1H4. The number of H-pyrrole nitrogens is 1. The van der Waals surface area contributed by atoms with Crippen molar-refractivity contribution in [1.29, 1.82) is 0 Å². The fourth-order valence-corrected chi connectivity index (χ4v) is 4.19. The van der Waals surface area contributed by atoms with Gasteiger partial charge in [-0.1, -0.05) is 45.5 Å². The van der Waals surface area contributed by atoms with E-state index in [0.717, 1.165) is 5.56 Å². The van der Waals surface area contributed by atoms with Gasteiger partial charge in [-0.15, -0.1) is 0 Å². The maximum Gasteiger partial charge on any atom is 0.296 e. The monoisotopic (exact) mass is 509 g/mol. The first-order chi connectivity index (χ1) is 16.8. The number of sulfonamides is 1. The summed E-state index contributed by atoms with van der Waals surface area (Å²) in [6.07, 6.45) is 2.95. The van der Waals surface area contributed by atoms with Crippen molar-refractivity contribution < 1.29 is 17.9 Å². The summed E-state index contributed by atoms with van der Waals surface area (Å²) in [7, 11) is -2.67. The summed E-state index contributed by atoms with van der Waals surface area (Å²) in [5, 5.41) is 0. The summed E-state index contributed by atoms with van der Waals surface area (Å²) >= 11 is 0. The molecule has 0 fully saturated rings. The van der Waals surface area contributed by atoms with Gasteiger partial charge in [0, 0.05) is 12.4 Å². The molecule has 0 bridgehead atoms. The predicted octanol–water partition coefficient (Wildman–Crippen LogP) is 4.59. The highest BCUT2D eigenvalue weighted by Crippen LogP contribution is 2.33. The quantitative estimate of drug-likeness (QED) is 0.352. The average molecular weight is 510 g/mol. The molecule has 0 atom stereocenters. The Kier molecular flexibility index (Phi) is 8.05. The van der Waals surface area contributed by atoms with E-state index >= 15 is 0 Å². The van der Waals surface area contributed by atoms with Crippen LogP contribution in [0, 0.1) is 0 Å². The van der Waals surface area contributed by atoms with Crippen LogP contribution in [-0.4, -0.2) is 35.5 Å². The molecule has 0 unspecified atom stereocenters. The van der Waals surface area contributed by atoms with Gasteiger partial charge >= 0.3 is 0 Å². The highest BCUT2D eigenvalue weighted by molar-refractivity contribution is 7.92. The number of methoxy groups -OCH3 is 1. The summed E-state index contributed by atoms with van der Waals surface area (Å²) in [6, 6.07) is 14.7. The van der Waals surface area contributed by atoms with Crippen LogP contribution < -0.4 is 19.8 Å². The number of nitrogens with zero attached hydrogens (tertiary/aromatic N) is 3. The van der Waals surface area contributed by atoms with Gasteiger partial charge in [0.1, 0.15) is 0 Å². The van der Waals surface area contributed by atoms with E-state index in [0.29, 0.717) is 5.75 Å². The molecular formula is C25H27N5O5S. The molecule has 0 amide bonds. The highest BCUT2D eigenvalue weighted by atomic mass is 32.2. The van der Waals surface area contributed by atoms with Crippen LogP contribution in [0.3, 0.4) is 0 Å². The maximum atomic E-state index is 13.2. The third-order valence-electron chi connectivity index (χ3n) is 5.02. The number of rotatable bonds is 8. The van der Waals surface area contributed by atoms with E-state index in [1.54, 1.807) is 42.5 Å². The summed E-state index contributed by atoms with van der Waals surface area (Å²) in [4.78, 5) is 28.0. The Hall–Kier alpha value is -4.25. The molecule has 0 aliphatic rings. The van der Waals surface area contributed by atoms with E-state index in [1.165, 1.54) is 31.6 Å². The molecule has 4 rings (SSSR count). The third-order valence-corrected chi connectivity index (χ3v) is 6.38. The first-order valence-corrected chi connectivity index (χ1v) is 12.1. The van der Waals surface area contributed by atoms with E-state index in [9.17, 15) is 13.2 Å². The third kappa shape index (κ3) is 5.69. The Morgan fingerprint density at radius 1 is 0.944 bits per heavy atom. The second-order valence-corrected chi connectivity index (χ2v) is 9.43. The smallest absolute Gasteiger partial charge is 0.296 e. The largest absolute Gasteiger partial charge is 0.493 e. The van der Waals surface area contributed by atoms with Crippen molar-refractivity contribution in [2.75, 3.05) is 11.8 Å². The van der Waals surface area contributed by atoms with Gasteiger partial charge in [-0.25, -0.2) is 23.4 Å². The zero-order valence-electron chi connectivity index (χ0n) is 19.2. The van der Waals surface area contributed by atoms with Gasteiger partial charge < -0.3 is 14.5 Å². The molecule has 188 valence electrons. The minimum absolute atomic E-state index is 0. The summed E-state index contributed by atoms with van der Waals surface area (Å²) in [5.41, 5.74) is 0.253. The molecule has 2 aromatic heterocycles. The van der Waals surface area contributed by atoms with E-state index in [4.69, 9.17) is 9.47 Å². The molecule has 11 heteroatoms. The van der Waals surface area contributed by atoms with Crippen LogP contribution >= 0.6 is 0 Å². The van der Waals surface area contributed by atoms with Gasteiger partial charge in [-0.05, 0) is 41.8 Å². The number of benzene rings is 2. The zero-order valence-corrected chi connectivity index (χ0v) is 20.0. The fraction of sp³-hybridized carbons (Fsp3) is 0.200. The number of ether oxygens (including phenoxy) is 2. The number of aromatic nitrogens is 4. The lowest BCUT2D eigenvalue weighted by Crippen LogP contribution is -2.20. The maximum absolute atomic E-state index is 13.2. The molecule has 0 saturated carbocycles. The number of anilines is 1. The van der Waals surface area contributed by atoms with Crippen molar-refractivity contribution in [3.05, 3.63) is 82.9 Å².